The Balaban J connectivity index is 3.17. The van der Waals surface area contributed by atoms with Gasteiger partial charge in [0.05, 0.1) is 4.88 Å². The zero-order chi connectivity index (χ0) is 14.5. The van der Waals surface area contributed by atoms with Crippen molar-refractivity contribution in [1.29, 1.82) is 0 Å². The highest BCUT2D eigenvalue weighted by Gasteiger charge is 2.19. The van der Waals surface area contributed by atoms with Gasteiger partial charge >= 0.3 is 0 Å². The summed E-state index contributed by atoms with van der Waals surface area (Å²) in [6, 6.07) is 1.89. The number of carbonyl (C=O) groups excluding carboxylic acids is 1. The number of hydrogen-bond donors (Lipinski definition) is 1. The Kier molecular flexibility index (Phi) is 5.31. The fourth-order valence-corrected chi connectivity index (χ4v) is 2.46. The molecule has 1 rings (SSSR count). The summed E-state index contributed by atoms with van der Waals surface area (Å²) in [4.78, 5) is 12.9. The predicted octanol–water partition coefficient (Wildman–Crippen LogP) is 2.60. The second-order valence-electron chi connectivity index (χ2n) is 4.93. The summed E-state index contributed by atoms with van der Waals surface area (Å²) in [5.74, 6) is -0.0284. The van der Waals surface area contributed by atoms with Crippen molar-refractivity contribution >= 4 is 29.4 Å². The van der Waals surface area contributed by atoms with E-state index in [4.69, 9.17) is 0 Å². The highest BCUT2D eigenvalue weighted by atomic mass is 32.1. The summed E-state index contributed by atoms with van der Waals surface area (Å²) in [6.07, 6.45) is 8.14. The molecule has 0 radical (unpaired) electrons. The van der Waals surface area contributed by atoms with E-state index in [9.17, 15) is 4.79 Å². The Bertz CT molecular complexity index is 555. The third kappa shape index (κ3) is 4.21. The fraction of sp³-hybridized carbons (Fsp3) is 0.312. The van der Waals surface area contributed by atoms with Gasteiger partial charge in [0.25, 0.3) is 5.91 Å². The summed E-state index contributed by atoms with van der Waals surface area (Å²) in [7, 11) is 0. The van der Waals surface area contributed by atoms with Crippen LogP contribution in [0.25, 0.3) is 12.2 Å². The molecule has 102 valence electrons. The third-order valence-electron chi connectivity index (χ3n) is 2.92. The van der Waals surface area contributed by atoms with Crippen LogP contribution in [0.15, 0.2) is 31.4 Å². The molecule has 0 aromatic carbocycles. The first kappa shape index (κ1) is 15.4. The van der Waals surface area contributed by atoms with Crippen LogP contribution < -0.4 is 15.1 Å². The molecule has 19 heavy (non-hydrogen) atoms. The van der Waals surface area contributed by atoms with Crippen LogP contribution in [0, 0.1) is 0 Å². The van der Waals surface area contributed by atoms with Crippen LogP contribution in [0.4, 0.5) is 0 Å². The largest absolute Gasteiger partial charge is 0.346 e. The first-order valence-corrected chi connectivity index (χ1v) is 7.13. The highest BCUT2D eigenvalue weighted by Crippen LogP contribution is 2.09. The molecule has 0 spiro atoms. The molecule has 1 amide bonds. The molecule has 0 aliphatic rings. The van der Waals surface area contributed by atoms with Gasteiger partial charge in [-0.15, -0.1) is 11.3 Å². The summed E-state index contributed by atoms with van der Waals surface area (Å²) >= 11 is 1.47. The van der Waals surface area contributed by atoms with Gasteiger partial charge in [-0.1, -0.05) is 38.3 Å². The first-order chi connectivity index (χ1) is 8.93. The number of hydrogen-bond acceptors (Lipinski definition) is 2. The molecule has 0 saturated carbocycles. The molecule has 1 N–H and O–H groups in total. The zero-order valence-corrected chi connectivity index (χ0v) is 12.6. The van der Waals surface area contributed by atoms with Crippen molar-refractivity contribution in [2.24, 2.45) is 0 Å². The van der Waals surface area contributed by atoms with Crippen LogP contribution in [-0.4, -0.2) is 11.4 Å². The van der Waals surface area contributed by atoms with Crippen LogP contribution in [0.5, 0.6) is 0 Å². The van der Waals surface area contributed by atoms with Gasteiger partial charge in [-0.05, 0) is 37.6 Å². The van der Waals surface area contributed by atoms with Crippen LogP contribution in [0.1, 0.15) is 36.9 Å². The molecule has 0 unspecified atom stereocenters. The van der Waals surface area contributed by atoms with Crippen LogP contribution in [0.2, 0.25) is 0 Å². The number of rotatable bonds is 5. The van der Waals surface area contributed by atoms with Gasteiger partial charge < -0.3 is 5.32 Å². The van der Waals surface area contributed by atoms with E-state index >= 15 is 0 Å². The quantitative estimate of drug-likeness (QED) is 0.879. The molecule has 0 saturated heterocycles. The van der Waals surface area contributed by atoms with Gasteiger partial charge in [0.2, 0.25) is 0 Å². The molecule has 2 nitrogen and oxygen atoms in total. The average Bonchev–Trinajstić information content (AvgIpc) is 2.73. The van der Waals surface area contributed by atoms with E-state index in [2.05, 4.69) is 25.4 Å². The standard InChI is InChI=1S/C16H21NOS/c1-6-9-12-11-14(19-13(12)10-7-2)15(18)17-16(4,5)8-3/h6-7,9-11H,1-2,8H2,3-5H3,(H,17,18)/b12-9-,13-10+. The molecule has 0 aliphatic heterocycles. The van der Waals surface area contributed by atoms with Crippen LogP contribution in [-0.2, 0) is 0 Å². The number of amides is 1. The summed E-state index contributed by atoms with van der Waals surface area (Å²) < 4.78 is 1.02. The van der Waals surface area contributed by atoms with E-state index in [1.807, 2.05) is 32.1 Å². The monoisotopic (exact) mass is 275 g/mol. The lowest BCUT2D eigenvalue weighted by molar-refractivity contribution is 0.0915. The molecule has 0 atom stereocenters. The summed E-state index contributed by atoms with van der Waals surface area (Å²) in [6.45, 7) is 13.5. The second kappa shape index (κ2) is 6.53. The molecule has 0 bridgehead atoms. The minimum atomic E-state index is -0.189. The smallest absolute Gasteiger partial charge is 0.261 e. The molecule has 1 aromatic rings. The number of thiophene rings is 1. The molecular formula is C16H21NOS. The number of nitrogens with one attached hydrogen (secondary N) is 1. The molecule has 1 aromatic heterocycles. The maximum absolute atomic E-state index is 12.2. The minimum absolute atomic E-state index is 0.0284. The molecule has 1 heterocycles. The van der Waals surface area contributed by atoms with Crippen LogP contribution in [0.3, 0.4) is 0 Å². The molecule has 3 heteroatoms. The summed E-state index contributed by atoms with van der Waals surface area (Å²) in [5.41, 5.74) is -0.189. The van der Waals surface area contributed by atoms with Gasteiger partial charge in [0.15, 0.2) is 0 Å². The maximum atomic E-state index is 12.2. The van der Waals surface area contributed by atoms with Gasteiger partial charge in [0.1, 0.15) is 0 Å². The third-order valence-corrected chi connectivity index (χ3v) is 4.03. The number of allylic oxidation sites excluding steroid dienone is 2. The van der Waals surface area contributed by atoms with Crippen molar-refractivity contribution < 1.29 is 4.79 Å². The van der Waals surface area contributed by atoms with Crippen molar-refractivity contribution in [3.8, 4) is 0 Å². The van der Waals surface area contributed by atoms with E-state index in [-0.39, 0.29) is 11.4 Å². The van der Waals surface area contributed by atoms with Crippen molar-refractivity contribution in [2.45, 2.75) is 32.7 Å². The van der Waals surface area contributed by atoms with Crippen molar-refractivity contribution in [2.75, 3.05) is 0 Å². The fourth-order valence-electron chi connectivity index (χ4n) is 1.48. The topological polar surface area (TPSA) is 29.1 Å². The van der Waals surface area contributed by atoms with E-state index in [1.54, 1.807) is 12.2 Å². The predicted molar refractivity (Wildman–Crippen MR) is 84.7 cm³/mol. The molecular weight excluding hydrogens is 254 g/mol. The number of carbonyl (C=O) groups is 1. The highest BCUT2D eigenvalue weighted by molar-refractivity contribution is 7.12. The lowest BCUT2D eigenvalue weighted by Gasteiger charge is -2.23. The van der Waals surface area contributed by atoms with Gasteiger partial charge in [-0.25, -0.2) is 0 Å². The lowest BCUT2D eigenvalue weighted by atomic mass is 10.0. The SMILES string of the molecule is C=C/C=c1/cc(C(=O)NC(C)(C)CC)s/c1=C/C=C. The zero-order valence-electron chi connectivity index (χ0n) is 11.8. The Morgan fingerprint density at radius 1 is 1.37 bits per heavy atom. The normalized spacial score (nSPS) is 13.4. The van der Waals surface area contributed by atoms with E-state index in [0.29, 0.717) is 4.88 Å². The Morgan fingerprint density at radius 2 is 2.00 bits per heavy atom. The Hall–Kier alpha value is -1.61. The maximum Gasteiger partial charge on any atom is 0.261 e. The minimum Gasteiger partial charge on any atom is -0.346 e. The molecule has 0 aliphatic carbocycles. The van der Waals surface area contributed by atoms with Crippen molar-refractivity contribution in [3.05, 3.63) is 46.0 Å². The Labute approximate surface area is 118 Å². The van der Waals surface area contributed by atoms with E-state index in [0.717, 1.165) is 16.2 Å². The van der Waals surface area contributed by atoms with Crippen molar-refractivity contribution in [1.82, 2.24) is 5.32 Å². The van der Waals surface area contributed by atoms with Gasteiger partial charge in [-0.3, -0.25) is 4.79 Å². The average molecular weight is 275 g/mol. The lowest BCUT2D eigenvalue weighted by Crippen LogP contribution is -2.42. The van der Waals surface area contributed by atoms with E-state index < -0.39 is 0 Å². The van der Waals surface area contributed by atoms with Crippen molar-refractivity contribution in [3.63, 3.8) is 0 Å². The Morgan fingerprint density at radius 3 is 2.53 bits per heavy atom. The first-order valence-electron chi connectivity index (χ1n) is 6.31. The van der Waals surface area contributed by atoms with Gasteiger partial charge in [-0.2, -0.15) is 0 Å². The van der Waals surface area contributed by atoms with E-state index in [1.165, 1.54) is 11.3 Å². The summed E-state index contributed by atoms with van der Waals surface area (Å²) in [5, 5.41) is 4.04. The second-order valence-corrected chi connectivity index (χ2v) is 6.01. The van der Waals surface area contributed by atoms with Crippen LogP contribution >= 0.6 is 11.3 Å². The van der Waals surface area contributed by atoms with Gasteiger partial charge in [0, 0.05) is 10.1 Å². The molecule has 0 fully saturated rings.